The summed E-state index contributed by atoms with van der Waals surface area (Å²) < 4.78 is 0. The summed E-state index contributed by atoms with van der Waals surface area (Å²) in [5, 5.41) is 16.8. The average molecular weight is 481 g/mol. The maximum absolute atomic E-state index is 12.8. The van der Waals surface area contributed by atoms with E-state index < -0.39 is 28.9 Å². The Bertz CT molecular complexity index is 957. The predicted molar refractivity (Wildman–Crippen MR) is 130 cm³/mol. The Kier molecular flexibility index (Phi) is 8.23. The lowest BCUT2D eigenvalue weighted by molar-refractivity contribution is -0.139. The molecule has 1 amide bonds. The monoisotopic (exact) mass is 480 g/mol. The van der Waals surface area contributed by atoms with Gasteiger partial charge in [-0.1, -0.05) is 45.0 Å². The third-order valence-electron chi connectivity index (χ3n) is 5.95. The van der Waals surface area contributed by atoms with Crippen molar-refractivity contribution in [3.8, 4) is 10.4 Å². The van der Waals surface area contributed by atoms with Crippen LogP contribution >= 0.6 is 23.7 Å². The molecule has 2 aromatic rings. The lowest BCUT2D eigenvalue weighted by atomic mass is 9.78. The van der Waals surface area contributed by atoms with Gasteiger partial charge in [-0.2, -0.15) is 0 Å². The number of benzene rings is 1. The zero-order chi connectivity index (χ0) is 23.0. The van der Waals surface area contributed by atoms with Crippen molar-refractivity contribution in [2.45, 2.75) is 64.8 Å². The minimum atomic E-state index is -1.63. The third-order valence-corrected chi connectivity index (χ3v) is 6.93. The molecule has 32 heavy (non-hydrogen) atoms. The standard InChI is InChI=1S/C23H32N4O3S.ClH/c1-13(15-6-8-16(9-7-15)18-14(2)26-12-31-18)27-21(29)17-10-23(30,11-25-17)20(28)19(24)22(3,4)5;/h6-9,12-13,17,19,25,30H,10-11,24H2,1-5H3,(H,27,29);1H/t13-,17-,19+,23+;/m0./s1. The van der Waals surface area contributed by atoms with E-state index in [4.69, 9.17) is 5.73 Å². The zero-order valence-corrected chi connectivity index (χ0v) is 20.8. The molecule has 0 unspecified atom stereocenters. The van der Waals surface area contributed by atoms with Crippen LogP contribution in [0.5, 0.6) is 0 Å². The average Bonchev–Trinajstić information content (AvgIpc) is 3.32. The molecule has 1 fully saturated rings. The van der Waals surface area contributed by atoms with E-state index in [2.05, 4.69) is 15.6 Å². The van der Waals surface area contributed by atoms with E-state index in [1.807, 2.05) is 64.4 Å². The van der Waals surface area contributed by atoms with Gasteiger partial charge in [-0.3, -0.25) is 9.59 Å². The van der Waals surface area contributed by atoms with E-state index in [0.717, 1.165) is 21.7 Å². The molecule has 1 saturated heterocycles. The van der Waals surface area contributed by atoms with Gasteiger partial charge in [0.2, 0.25) is 5.91 Å². The molecule has 5 N–H and O–H groups in total. The van der Waals surface area contributed by atoms with Gasteiger partial charge in [0.1, 0.15) is 5.60 Å². The van der Waals surface area contributed by atoms with Crippen LogP contribution in [-0.4, -0.2) is 46.0 Å². The second kappa shape index (κ2) is 9.97. The summed E-state index contributed by atoms with van der Waals surface area (Å²) in [6.07, 6.45) is 0.0117. The third kappa shape index (κ3) is 5.55. The Morgan fingerprint density at radius 3 is 2.47 bits per heavy atom. The lowest BCUT2D eigenvalue weighted by Gasteiger charge is -2.31. The molecule has 3 rings (SSSR count). The number of nitrogens with zero attached hydrogens (tertiary/aromatic N) is 1. The summed E-state index contributed by atoms with van der Waals surface area (Å²) in [5.74, 6) is -0.673. The number of aliphatic hydroxyl groups is 1. The van der Waals surface area contributed by atoms with E-state index in [-0.39, 0.29) is 37.3 Å². The highest BCUT2D eigenvalue weighted by atomic mass is 35.5. The number of hydrogen-bond donors (Lipinski definition) is 4. The molecule has 0 aliphatic carbocycles. The van der Waals surface area contributed by atoms with Gasteiger partial charge < -0.3 is 21.5 Å². The lowest BCUT2D eigenvalue weighted by Crippen LogP contribution is -2.54. The first kappa shape index (κ1) is 26.4. The molecule has 1 aliphatic rings. The number of nitrogens with two attached hydrogens (primary N) is 1. The summed E-state index contributed by atoms with van der Waals surface area (Å²) in [7, 11) is 0. The number of nitrogens with one attached hydrogen (secondary N) is 2. The number of carbonyl (C=O) groups excluding carboxylic acids is 2. The molecule has 7 nitrogen and oxygen atoms in total. The number of aromatic nitrogens is 1. The molecular weight excluding hydrogens is 448 g/mol. The highest BCUT2D eigenvalue weighted by molar-refractivity contribution is 7.13. The topological polar surface area (TPSA) is 117 Å². The number of rotatable bonds is 6. The smallest absolute Gasteiger partial charge is 0.237 e. The van der Waals surface area contributed by atoms with Gasteiger partial charge in [-0.15, -0.1) is 23.7 Å². The number of hydrogen-bond acceptors (Lipinski definition) is 7. The molecule has 2 heterocycles. The van der Waals surface area contributed by atoms with Crippen LogP contribution in [0, 0.1) is 12.3 Å². The van der Waals surface area contributed by atoms with Crippen molar-refractivity contribution in [2.24, 2.45) is 11.1 Å². The van der Waals surface area contributed by atoms with Crippen molar-refractivity contribution >= 4 is 35.4 Å². The van der Waals surface area contributed by atoms with E-state index in [1.54, 1.807) is 11.3 Å². The number of amides is 1. The second-order valence-corrected chi connectivity index (χ2v) is 10.4. The van der Waals surface area contributed by atoms with Crippen molar-refractivity contribution < 1.29 is 14.7 Å². The van der Waals surface area contributed by atoms with Crippen LogP contribution in [0.25, 0.3) is 10.4 Å². The van der Waals surface area contributed by atoms with Crippen molar-refractivity contribution in [1.29, 1.82) is 0 Å². The van der Waals surface area contributed by atoms with E-state index in [1.165, 1.54) is 0 Å². The molecule has 1 aliphatic heterocycles. The maximum Gasteiger partial charge on any atom is 0.237 e. The minimum absolute atomic E-state index is 0. The van der Waals surface area contributed by atoms with Crippen LogP contribution in [0.15, 0.2) is 29.8 Å². The summed E-state index contributed by atoms with van der Waals surface area (Å²) in [5.41, 5.74) is 8.85. The van der Waals surface area contributed by atoms with E-state index in [0.29, 0.717) is 0 Å². The van der Waals surface area contributed by atoms with Gasteiger partial charge in [0, 0.05) is 13.0 Å². The first-order valence-corrected chi connectivity index (χ1v) is 11.4. The molecule has 9 heteroatoms. The SMILES string of the molecule is Cc1ncsc1-c1ccc([C@H](C)NC(=O)[C@@H]2C[C@](O)(C(=O)[C@@H](N)C(C)(C)C)CN2)cc1.Cl. The van der Waals surface area contributed by atoms with Crippen LogP contribution in [-0.2, 0) is 9.59 Å². The minimum Gasteiger partial charge on any atom is -0.381 e. The number of carbonyl (C=O) groups is 2. The van der Waals surface area contributed by atoms with Gasteiger partial charge in [0.25, 0.3) is 0 Å². The summed E-state index contributed by atoms with van der Waals surface area (Å²) >= 11 is 1.60. The van der Waals surface area contributed by atoms with Crippen molar-refractivity contribution in [3.63, 3.8) is 0 Å². The number of Topliss-reactive ketones (excluding diaryl/α,β-unsaturated/α-hetero) is 1. The van der Waals surface area contributed by atoms with Crippen molar-refractivity contribution in [1.82, 2.24) is 15.6 Å². The molecular formula is C23H33ClN4O3S. The molecule has 176 valence electrons. The molecule has 0 bridgehead atoms. The summed E-state index contributed by atoms with van der Waals surface area (Å²) in [6.45, 7) is 9.48. The largest absolute Gasteiger partial charge is 0.381 e. The van der Waals surface area contributed by atoms with Gasteiger partial charge in [0.05, 0.1) is 34.2 Å². The van der Waals surface area contributed by atoms with Crippen molar-refractivity contribution in [2.75, 3.05) is 6.54 Å². The first-order valence-electron chi connectivity index (χ1n) is 10.5. The van der Waals surface area contributed by atoms with Crippen LogP contribution in [0.4, 0.5) is 0 Å². The fourth-order valence-corrected chi connectivity index (χ4v) is 4.54. The van der Waals surface area contributed by atoms with Gasteiger partial charge in [0.15, 0.2) is 5.78 Å². The Labute approximate surface area is 199 Å². The molecule has 1 aromatic carbocycles. The maximum atomic E-state index is 12.8. The number of β-amino-alcohol motifs (C(OH)–C–C–N with tert-alkyl or cyclic N) is 1. The normalized spacial score (nSPS) is 22.7. The summed E-state index contributed by atoms with van der Waals surface area (Å²) in [6, 6.07) is 6.36. The number of aryl methyl sites for hydroxylation is 1. The fraction of sp³-hybridized carbons (Fsp3) is 0.522. The highest BCUT2D eigenvalue weighted by Crippen LogP contribution is 2.29. The quantitative estimate of drug-likeness (QED) is 0.505. The van der Waals surface area contributed by atoms with Crippen LogP contribution in [0.3, 0.4) is 0 Å². The Hall–Kier alpha value is -1.84. The van der Waals surface area contributed by atoms with Crippen LogP contribution in [0.1, 0.15) is 51.4 Å². The Morgan fingerprint density at radius 2 is 1.94 bits per heavy atom. The van der Waals surface area contributed by atoms with Gasteiger partial charge >= 0.3 is 0 Å². The van der Waals surface area contributed by atoms with Crippen LogP contribution < -0.4 is 16.4 Å². The molecule has 0 saturated carbocycles. The number of thiazole rings is 1. The van der Waals surface area contributed by atoms with E-state index >= 15 is 0 Å². The fourth-order valence-electron chi connectivity index (χ4n) is 3.73. The summed E-state index contributed by atoms with van der Waals surface area (Å²) in [4.78, 5) is 30.9. The van der Waals surface area contributed by atoms with Crippen molar-refractivity contribution in [3.05, 3.63) is 41.0 Å². The highest BCUT2D eigenvalue weighted by Gasteiger charge is 2.49. The van der Waals surface area contributed by atoms with Gasteiger partial charge in [-0.25, -0.2) is 4.98 Å². The van der Waals surface area contributed by atoms with Crippen LogP contribution in [0.2, 0.25) is 0 Å². The van der Waals surface area contributed by atoms with Gasteiger partial charge in [-0.05, 0) is 30.4 Å². The molecule has 1 aromatic heterocycles. The second-order valence-electron chi connectivity index (χ2n) is 9.50. The molecule has 0 spiro atoms. The number of ketones is 1. The first-order chi connectivity index (χ1) is 14.4. The molecule has 0 radical (unpaired) electrons. The molecule has 4 atom stereocenters. The Morgan fingerprint density at radius 1 is 1.31 bits per heavy atom. The zero-order valence-electron chi connectivity index (χ0n) is 19.1. The van der Waals surface area contributed by atoms with E-state index in [9.17, 15) is 14.7 Å². The Balaban J connectivity index is 0.00000363. The predicted octanol–water partition coefficient (Wildman–Crippen LogP) is 2.75. The number of halogens is 1.